The quantitative estimate of drug-likeness (QED) is 0.628. The topological polar surface area (TPSA) is 92.5 Å². The van der Waals surface area contributed by atoms with Crippen LogP contribution in [0.4, 0.5) is 5.13 Å². The maximum atomic E-state index is 12.7. The van der Waals surface area contributed by atoms with Crippen molar-refractivity contribution in [1.82, 2.24) is 9.88 Å². The minimum Gasteiger partial charge on any atom is -0.467 e. The van der Waals surface area contributed by atoms with Crippen LogP contribution in [-0.4, -0.2) is 34.0 Å². The standard InChI is InChI=1S/C21H19N3O4S/c1-13(25)19-18(14-6-3-2-4-7-14)22-21(29-19)23-20(27)15-10-17(26)24(11-15)12-16-8-5-9-28-16/h2-9,15H,10-12H2,1H3,(H,22,23,27)/t15-/m0/s1. The van der Waals surface area contributed by atoms with Gasteiger partial charge in [0.15, 0.2) is 10.9 Å². The molecule has 29 heavy (non-hydrogen) atoms. The van der Waals surface area contributed by atoms with E-state index in [0.717, 1.165) is 16.9 Å². The van der Waals surface area contributed by atoms with Gasteiger partial charge in [0.05, 0.1) is 29.3 Å². The molecule has 1 aliphatic heterocycles. The highest BCUT2D eigenvalue weighted by molar-refractivity contribution is 7.18. The molecule has 0 spiro atoms. The normalized spacial score (nSPS) is 16.2. The maximum absolute atomic E-state index is 12.7. The molecule has 148 valence electrons. The van der Waals surface area contributed by atoms with Gasteiger partial charge in [0, 0.05) is 25.5 Å². The number of hydrogen-bond donors (Lipinski definition) is 1. The molecule has 8 heteroatoms. The first-order valence-electron chi connectivity index (χ1n) is 9.19. The molecule has 4 rings (SSSR count). The minimum absolute atomic E-state index is 0.0879. The molecular formula is C21H19N3O4S. The van der Waals surface area contributed by atoms with Gasteiger partial charge in [-0.1, -0.05) is 41.7 Å². The minimum atomic E-state index is -0.470. The van der Waals surface area contributed by atoms with Crippen molar-refractivity contribution in [2.24, 2.45) is 5.92 Å². The molecule has 3 aromatic rings. The number of nitrogens with zero attached hydrogens (tertiary/aromatic N) is 2. The summed E-state index contributed by atoms with van der Waals surface area (Å²) in [6, 6.07) is 12.9. The number of Topliss-reactive ketones (excluding diaryl/α,β-unsaturated/α-hetero) is 1. The van der Waals surface area contributed by atoms with Crippen LogP contribution in [-0.2, 0) is 16.1 Å². The van der Waals surface area contributed by atoms with Gasteiger partial charge in [0.1, 0.15) is 5.76 Å². The number of amides is 2. The average Bonchev–Trinajstić information content (AvgIpc) is 3.44. The lowest BCUT2D eigenvalue weighted by atomic mass is 10.1. The Morgan fingerprint density at radius 3 is 2.72 bits per heavy atom. The molecule has 0 unspecified atom stereocenters. The molecule has 2 amide bonds. The van der Waals surface area contributed by atoms with E-state index in [2.05, 4.69) is 10.3 Å². The first-order chi connectivity index (χ1) is 14.0. The number of anilines is 1. The zero-order valence-electron chi connectivity index (χ0n) is 15.8. The number of ketones is 1. The van der Waals surface area contributed by atoms with Crippen LogP contribution in [0.15, 0.2) is 53.1 Å². The Hall–Kier alpha value is -3.26. The molecule has 7 nitrogen and oxygen atoms in total. The summed E-state index contributed by atoms with van der Waals surface area (Å²) in [6.45, 7) is 2.15. The van der Waals surface area contributed by atoms with Crippen LogP contribution in [0.25, 0.3) is 11.3 Å². The van der Waals surface area contributed by atoms with Gasteiger partial charge in [-0.3, -0.25) is 14.4 Å². The molecule has 1 aromatic carbocycles. The van der Waals surface area contributed by atoms with Crippen molar-refractivity contribution in [3.8, 4) is 11.3 Å². The summed E-state index contributed by atoms with van der Waals surface area (Å²) < 4.78 is 5.28. The Morgan fingerprint density at radius 2 is 2.03 bits per heavy atom. The van der Waals surface area contributed by atoms with E-state index in [1.54, 1.807) is 23.3 Å². The summed E-state index contributed by atoms with van der Waals surface area (Å²) in [5.74, 6) is -0.262. The van der Waals surface area contributed by atoms with Gasteiger partial charge in [-0.2, -0.15) is 0 Å². The van der Waals surface area contributed by atoms with E-state index in [9.17, 15) is 14.4 Å². The van der Waals surface area contributed by atoms with E-state index in [-0.39, 0.29) is 24.0 Å². The Kier molecular flexibility index (Phi) is 5.26. The number of benzene rings is 1. The van der Waals surface area contributed by atoms with Crippen LogP contribution in [0, 0.1) is 5.92 Å². The molecule has 0 bridgehead atoms. The van der Waals surface area contributed by atoms with E-state index in [0.29, 0.717) is 34.6 Å². The van der Waals surface area contributed by atoms with Crippen molar-refractivity contribution >= 4 is 34.1 Å². The second-order valence-electron chi connectivity index (χ2n) is 6.86. The zero-order valence-corrected chi connectivity index (χ0v) is 16.6. The Morgan fingerprint density at radius 1 is 1.24 bits per heavy atom. The smallest absolute Gasteiger partial charge is 0.231 e. The molecule has 2 aromatic heterocycles. The highest BCUT2D eigenvalue weighted by atomic mass is 32.1. The van der Waals surface area contributed by atoms with Crippen LogP contribution in [0.1, 0.15) is 28.8 Å². The average molecular weight is 409 g/mol. The van der Waals surface area contributed by atoms with Crippen molar-refractivity contribution in [2.45, 2.75) is 19.9 Å². The van der Waals surface area contributed by atoms with E-state index in [1.807, 2.05) is 30.3 Å². The van der Waals surface area contributed by atoms with E-state index >= 15 is 0 Å². The van der Waals surface area contributed by atoms with Gasteiger partial charge in [0.2, 0.25) is 11.8 Å². The number of carbonyl (C=O) groups is 3. The van der Waals surface area contributed by atoms with E-state index in [4.69, 9.17) is 4.42 Å². The number of rotatable bonds is 6. The third kappa shape index (κ3) is 4.12. The van der Waals surface area contributed by atoms with Crippen LogP contribution >= 0.6 is 11.3 Å². The van der Waals surface area contributed by atoms with Crippen LogP contribution in [0.3, 0.4) is 0 Å². The molecule has 0 radical (unpaired) electrons. The van der Waals surface area contributed by atoms with Gasteiger partial charge in [-0.05, 0) is 12.1 Å². The number of hydrogen-bond acceptors (Lipinski definition) is 6. The molecule has 1 aliphatic rings. The summed E-state index contributed by atoms with van der Waals surface area (Å²) in [6.07, 6.45) is 1.70. The highest BCUT2D eigenvalue weighted by Gasteiger charge is 2.35. The first-order valence-corrected chi connectivity index (χ1v) is 10.0. The van der Waals surface area contributed by atoms with Crippen molar-refractivity contribution in [1.29, 1.82) is 0 Å². The Labute approximate surface area is 171 Å². The zero-order chi connectivity index (χ0) is 20.4. The number of nitrogens with one attached hydrogen (secondary N) is 1. The van der Waals surface area contributed by atoms with Gasteiger partial charge >= 0.3 is 0 Å². The number of furan rings is 1. The van der Waals surface area contributed by atoms with Gasteiger partial charge in [-0.25, -0.2) is 4.98 Å². The Balaban J connectivity index is 1.47. The lowest BCUT2D eigenvalue weighted by molar-refractivity contribution is -0.128. The number of likely N-dealkylation sites (tertiary alicyclic amines) is 1. The molecule has 0 saturated carbocycles. The summed E-state index contributed by atoms with van der Waals surface area (Å²) >= 11 is 1.15. The predicted molar refractivity (Wildman–Crippen MR) is 108 cm³/mol. The lowest BCUT2D eigenvalue weighted by Gasteiger charge is -2.14. The molecule has 0 aliphatic carbocycles. The number of aromatic nitrogens is 1. The van der Waals surface area contributed by atoms with Crippen molar-refractivity contribution in [2.75, 3.05) is 11.9 Å². The van der Waals surface area contributed by atoms with Crippen LogP contribution in [0.2, 0.25) is 0 Å². The summed E-state index contributed by atoms with van der Waals surface area (Å²) in [7, 11) is 0. The van der Waals surface area contributed by atoms with E-state index in [1.165, 1.54) is 6.92 Å². The maximum Gasteiger partial charge on any atom is 0.231 e. The fraction of sp³-hybridized carbons (Fsp3) is 0.238. The molecule has 3 heterocycles. The summed E-state index contributed by atoms with van der Waals surface area (Å²) in [5, 5.41) is 3.14. The van der Waals surface area contributed by atoms with Gasteiger partial charge in [0.25, 0.3) is 0 Å². The molecule has 1 fully saturated rings. The summed E-state index contributed by atoms with van der Waals surface area (Å²) in [5.41, 5.74) is 1.37. The Bertz CT molecular complexity index is 1040. The van der Waals surface area contributed by atoms with Crippen molar-refractivity contribution < 1.29 is 18.8 Å². The van der Waals surface area contributed by atoms with Crippen LogP contribution < -0.4 is 5.32 Å². The third-order valence-electron chi connectivity index (χ3n) is 4.74. The fourth-order valence-corrected chi connectivity index (χ4v) is 4.19. The van der Waals surface area contributed by atoms with Gasteiger partial charge < -0.3 is 14.6 Å². The highest BCUT2D eigenvalue weighted by Crippen LogP contribution is 2.32. The van der Waals surface area contributed by atoms with Crippen molar-refractivity contribution in [3.63, 3.8) is 0 Å². The number of thiazole rings is 1. The summed E-state index contributed by atoms with van der Waals surface area (Å²) in [4.78, 5) is 43.6. The molecule has 1 atom stereocenters. The van der Waals surface area contributed by atoms with Crippen LogP contribution in [0.5, 0.6) is 0 Å². The second-order valence-corrected chi connectivity index (χ2v) is 7.86. The van der Waals surface area contributed by atoms with E-state index < -0.39 is 5.92 Å². The molecule has 1 saturated heterocycles. The predicted octanol–water partition coefficient (Wildman–Crippen LogP) is 3.59. The monoisotopic (exact) mass is 409 g/mol. The second kappa shape index (κ2) is 8.00. The molecular weight excluding hydrogens is 390 g/mol. The lowest BCUT2D eigenvalue weighted by Crippen LogP contribution is -2.27. The largest absolute Gasteiger partial charge is 0.467 e. The molecule has 1 N–H and O–H groups in total. The third-order valence-corrected chi connectivity index (χ3v) is 5.81. The fourth-order valence-electron chi connectivity index (χ4n) is 3.30. The van der Waals surface area contributed by atoms with Gasteiger partial charge in [-0.15, -0.1) is 0 Å². The number of carbonyl (C=O) groups excluding carboxylic acids is 3. The first kappa shape index (κ1) is 19.1. The van der Waals surface area contributed by atoms with Crippen molar-refractivity contribution in [3.05, 3.63) is 59.4 Å². The SMILES string of the molecule is CC(=O)c1sc(NC(=O)[C@H]2CC(=O)N(Cc3ccco3)C2)nc1-c1ccccc1.